The summed E-state index contributed by atoms with van der Waals surface area (Å²) in [6.07, 6.45) is 2.91. The quantitative estimate of drug-likeness (QED) is 0.575. The third-order valence-electron chi connectivity index (χ3n) is 0.623. The molecule has 1 aromatic rings. The van der Waals surface area contributed by atoms with Gasteiger partial charge in [0.05, 0.1) is 0 Å². The van der Waals surface area contributed by atoms with E-state index in [4.69, 9.17) is 4.55 Å². The molecule has 0 fully saturated rings. The highest BCUT2D eigenvalue weighted by Gasteiger charge is 1.96. The first-order valence-electron chi connectivity index (χ1n) is 2.07. The summed E-state index contributed by atoms with van der Waals surface area (Å²) in [5.41, 5.74) is 0. The van der Waals surface area contributed by atoms with Crippen LogP contribution >= 0.6 is 0 Å². The van der Waals surface area contributed by atoms with Crippen molar-refractivity contribution in [3.8, 4) is 6.01 Å². The molecule has 0 radical (unpaired) electrons. The van der Waals surface area contributed by atoms with Gasteiger partial charge in [-0.25, -0.2) is 4.98 Å². The highest BCUT2D eigenvalue weighted by molar-refractivity contribution is 7.74. The number of hydrogen-bond donors (Lipinski definition) is 2. The summed E-state index contributed by atoms with van der Waals surface area (Å²) in [6.45, 7) is 0. The lowest BCUT2D eigenvalue weighted by Crippen LogP contribution is -1.98. The summed E-state index contributed by atoms with van der Waals surface area (Å²) < 4.78 is 22.2. The Morgan fingerprint density at radius 3 is 3.11 bits per heavy atom. The molecule has 1 rings (SSSR count). The number of aromatic amines is 1. The second-order valence-electron chi connectivity index (χ2n) is 1.19. The van der Waals surface area contributed by atoms with Crippen molar-refractivity contribution in [1.82, 2.24) is 9.97 Å². The Bertz CT molecular complexity index is 197. The second kappa shape index (κ2) is 2.60. The predicted molar refractivity (Wildman–Crippen MR) is 30.0 cm³/mol. The minimum Gasteiger partial charge on any atom is -0.343 e. The van der Waals surface area contributed by atoms with Crippen LogP contribution < -0.4 is 4.18 Å². The largest absolute Gasteiger partial charge is 0.360 e. The fraction of sp³-hybridized carbons (Fsp3) is 0. The van der Waals surface area contributed by atoms with Crippen LogP contribution in [0.25, 0.3) is 0 Å². The first-order valence-corrected chi connectivity index (χ1v) is 3.11. The van der Waals surface area contributed by atoms with Crippen molar-refractivity contribution < 1.29 is 12.9 Å². The van der Waals surface area contributed by atoms with Gasteiger partial charge in [0.1, 0.15) is 0 Å². The van der Waals surface area contributed by atoms with Gasteiger partial charge in [-0.05, 0) is 0 Å². The highest BCUT2D eigenvalue weighted by Crippen LogP contribution is 1.98. The summed E-state index contributed by atoms with van der Waals surface area (Å²) in [4.78, 5) is 6.01. The van der Waals surface area contributed by atoms with E-state index in [-0.39, 0.29) is 6.01 Å². The zero-order valence-electron chi connectivity index (χ0n) is 4.27. The summed E-state index contributed by atoms with van der Waals surface area (Å²) in [5.74, 6) is 0. The molecule has 50 valence electrons. The average molecular weight is 148 g/mol. The standard InChI is InChI=1S/C3H4N2O3S/c6-9(7)8-3-4-1-2-5-3/h1-2H,(H,4,5)(H,6,7). The lowest BCUT2D eigenvalue weighted by Gasteiger charge is -1.89. The van der Waals surface area contributed by atoms with Gasteiger partial charge in [0.15, 0.2) is 0 Å². The van der Waals surface area contributed by atoms with Gasteiger partial charge >= 0.3 is 17.4 Å². The van der Waals surface area contributed by atoms with Crippen LogP contribution in [0, 0.1) is 0 Å². The van der Waals surface area contributed by atoms with E-state index in [2.05, 4.69) is 14.2 Å². The van der Waals surface area contributed by atoms with Crippen LogP contribution in [0.4, 0.5) is 0 Å². The number of imidazole rings is 1. The van der Waals surface area contributed by atoms with E-state index in [0.29, 0.717) is 0 Å². The topological polar surface area (TPSA) is 75.2 Å². The van der Waals surface area contributed by atoms with Crippen LogP contribution in [0.15, 0.2) is 12.4 Å². The molecule has 0 aliphatic rings. The van der Waals surface area contributed by atoms with Crippen molar-refractivity contribution in [2.75, 3.05) is 0 Å². The summed E-state index contributed by atoms with van der Waals surface area (Å²) in [7, 11) is 0. The summed E-state index contributed by atoms with van der Waals surface area (Å²) >= 11 is -2.29. The molecule has 0 spiro atoms. The van der Waals surface area contributed by atoms with Gasteiger partial charge in [-0.15, -0.1) is 0 Å². The molecule has 6 heteroatoms. The molecule has 1 heterocycles. The zero-order valence-corrected chi connectivity index (χ0v) is 5.09. The molecule has 0 aliphatic carbocycles. The molecule has 9 heavy (non-hydrogen) atoms. The zero-order chi connectivity index (χ0) is 6.69. The van der Waals surface area contributed by atoms with E-state index in [1.54, 1.807) is 0 Å². The molecule has 0 saturated carbocycles. The second-order valence-corrected chi connectivity index (χ2v) is 1.80. The number of nitrogens with zero attached hydrogens (tertiary/aromatic N) is 1. The predicted octanol–water partition coefficient (Wildman–Crippen LogP) is -0.0748. The first-order chi connectivity index (χ1) is 4.29. The van der Waals surface area contributed by atoms with Gasteiger partial charge in [0, 0.05) is 12.4 Å². The summed E-state index contributed by atoms with van der Waals surface area (Å²) in [5, 5.41) is 0. The Kier molecular flexibility index (Phi) is 1.81. The molecule has 0 aliphatic heterocycles. The fourth-order valence-corrected chi connectivity index (χ4v) is 0.590. The lowest BCUT2D eigenvalue weighted by atomic mass is 11.0. The molecule has 2 N–H and O–H groups in total. The molecule has 5 nitrogen and oxygen atoms in total. The van der Waals surface area contributed by atoms with Crippen LogP contribution in [0.1, 0.15) is 0 Å². The number of hydrogen-bond acceptors (Lipinski definition) is 3. The normalized spacial score (nSPS) is 13.0. The van der Waals surface area contributed by atoms with Gasteiger partial charge < -0.3 is 9.17 Å². The highest BCUT2D eigenvalue weighted by atomic mass is 32.2. The Morgan fingerprint density at radius 1 is 1.89 bits per heavy atom. The Hall–Kier alpha value is -0.880. The van der Waals surface area contributed by atoms with Crippen molar-refractivity contribution in [3.63, 3.8) is 0 Å². The molecule has 0 aromatic carbocycles. The van der Waals surface area contributed by atoms with E-state index >= 15 is 0 Å². The van der Waals surface area contributed by atoms with Crippen LogP contribution in [0.5, 0.6) is 6.01 Å². The van der Waals surface area contributed by atoms with Gasteiger partial charge in [0.2, 0.25) is 0 Å². The van der Waals surface area contributed by atoms with Crippen LogP contribution in [0.3, 0.4) is 0 Å². The van der Waals surface area contributed by atoms with Crippen LogP contribution in [0.2, 0.25) is 0 Å². The molecule has 0 saturated heterocycles. The van der Waals surface area contributed by atoms with Gasteiger partial charge in [-0.3, -0.25) is 4.55 Å². The Morgan fingerprint density at radius 2 is 2.67 bits per heavy atom. The van der Waals surface area contributed by atoms with E-state index in [1.165, 1.54) is 12.4 Å². The minimum atomic E-state index is -2.29. The van der Waals surface area contributed by atoms with E-state index in [1.807, 2.05) is 0 Å². The van der Waals surface area contributed by atoms with Gasteiger partial charge in [-0.2, -0.15) is 4.21 Å². The van der Waals surface area contributed by atoms with Crippen molar-refractivity contribution in [1.29, 1.82) is 0 Å². The molecule has 1 unspecified atom stereocenters. The number of H-pyrrole nitrogens is 1. The van der Waals surface area contributed by atoms with E-state index in [0.717, 1.165) is 0 Å². The first kappa shape index (κ1) is 6.24. The van der Waals surface area contributed by atoms with Crippen molar-refractivity contribution in [2.45, 2.75) is 0 Å². The average Bonchev–Trinajstić information content (AvgIpc) is 2.15. The van der Waals surface area contributed by atoms with Gasteiger partial charge in [0.25, 0.3) is 0 Å². The van der Waals surface area contributed by atoms with E-state index in [9.17, 15) is 4.21 Å². The maximum atomic E-state index is 9.90. The maximum absolute atomic E-state index is 9.90. The molecular formula is C3H4N2O3S. The minimum absolute atomic E-state index is 0.0378. The smallest absolute Gasteiger partial charge is 0.343 e. The molecule has 1 aromatic heterocycles. The lowest BCUT2D eigenvalue weighted by molar-refractivity contribution is 0.442. The number of rotatable bonds is 2. The van der Waals surface area contributed by atoms with E-state index < -0.39 is 11.4 Å². The van der Waals surface area contributed by atoms with Crippen LogP contribution in [-0.2, 0) is 11.4 Å². The van der Waals surface area contributed by atoms with Crippen molar-refractivity contribution in [3.05, 3.63) is 12.4 Å². The summed E-state index contributed by atoms with van der Waals surface area (Å²) in [6, 6.07) is 0.0378. The third kappa shape index (κ3) is 1.82. The van der Waals surface area contributed by atoms with Crippen molar-refractivity contribution >= 4 is 11.4 Å². The SMILES string of the molecule is O=S(O)Oc1ncc[nH]1. The third-order valence-corrected chi connectivity index (χ3v) is 0.924. The maximum Gasteiger partial charge on any atom is 0.360 e. The Labute approximate surface area is 53.6 Å². The monoisotopic (exact) mass is 148 g/mol. The molecule has 0 amide bonds. The number of nitrogens with one attached hydrogen (secondary N) is 1. The molecule has 1 atom stereocenters. The number of aromatic nitrogens is 2. The van der Waals surface area contributed by atoms with Crippen LogP contribution in [-0.4, -0.2) is 18.7 Å². The molecule has 0 bridgehead atoms. The van der Waals surface area contributed by atoms with Gasteiger partial charge in [-0.1, -0.05) is 0 Å². The molecular weight excluding hydrogens is 144 g/mol. The fourth-order valence-electron chi connectivity index (χ4n) is 0.364. The Balaban J connectivity index is 2.58. The van der Waals surface area contributed by atoms with Crippen molar-refractivity contribution in [2.24, 2.45) is 0 Å².